The second-order valence-electron chi connectivity index (χ2n) is 4.86. The maximum Gasteiger partial charge on any atom is 0.216 e. The molecule has 1 aliphatic carbocycles. The van der Waals surface area contributed by atoms with Crippen LogP contribution in [0.25, 0.3) is 0 Å². The van der Waals surface area contributed by atoms with E-state index in [4.69, 9.17) is 9.47 Å². The Morgan fingerprint density at radius 2 is 2.05 bits per heavy atom. The van der Waals surface area contributed by atoms with Crippen LogP contribution in [0.15, 0.2) is 12.3 Å². The molecular formula is C13H19NO4S. The molecule has 106 valence electrons. The van der Waals surface area contributed by atoms with Gasteiger partial charge in [0.2, 0.25) is 5.88 Å². The molecule has 0 amide bonds. The molecule has 1 aromatic rings. The van der Waals surface area contributed by atoms with Gasteiger partial charge in [-0.1, -0.05) is 12.8 Å². The number of methoxy groups -OCH3 is 2. The van der Waals surface area contributed by atoms with Crippen LogP contribution >= 0.6 is 0 Å². The van der Waals surface area contributed by atoms with Crippen molar-refractivity contribution in [2.45, 2.75) is 25.0 Å². The zero-order valence-corrected chi connectivity index (χ0v) is 12.1. The van der Waals surface area contributed by atoms with E-state index in [1.54, 1.807) is 6.07 Å². The molecule has 5 nitrogen and oxygen atoms in total. The Labute approximate surface area is 113 Å². The predicted octanol–water partition coefficient (Wildman–Crippen LogP) is 1.81. The second-order valence-corrected chi connectivity index (χ2v) is 7.05. The van der Waals surface area contributed by atoms with E-state index in [1.165, 1.54) is 33.3 Å². The summed E-state index contributed by atoms with van der Waals surface area (Å²) in [7, 11) is -0.0859. The molecule has 1 heterocycles. The van der Waals surface area contributed by atoms with Crippen LogP contribution in [0.4, 0.5) is 0 Å². The van der Waals surface area contributed by atoms with E-state index in [0.29, 0.717) is 23.1 Å². The fraction of sp³-hybridized carbons (Fsp3) is 0.615. The van der Waals surface area contributed by atoms with Gasteiger partial charge in [0, 0.05) is 17.8 Å². The number of rotatable bonds is 7. The van der Waals surface area contributed by atoms with Crippen molar-refractivity contribution in [2.75, 3.05) is 20.0 Å². The van der Waals surface area contributed by atoms with Crippen LogP contribution in [0.5, 0.6) is 11.6 Å². The lowest BCUT2D eigenvalue weighted by Gasteiger charge is -2.10. The first kappa shape index (κ1) is 14.1. The largest absolute Gasteiger partial charge is 0.496 e. The molecule has 1 saturated carbocycles. The summed E-state index contributed by atoms with van der Waals surface area (Å²) in [6, 6.07) is 1.60. The molecule has 0 atom stereocenters. The van der Waals surface area contributed by atoms with Crippen molar-refractivity contribution in [1.82, 2.24) is 4.98 Å². The van der Waals surface area contributed by atoms with Gasteiger partial charge in [0.1, 0.15) is 5.75 Å². The lowest BCUT2D eigenvalue weighted by molar-refractivity contribution is 0.380. The molecule has 0 aliphatic heterocycles. The van der Waals surface area contributed by atoms with E-state index in [0.717, 1.165) is 6.42 Å². The van der Waals surface area contributed by atoms with Crippen molar-refractivity contribution >= 4 is 9.84 Å². The van der Waals surface area contributed by atoms with Crippen molar-refractivity contribution in [3.63, 3.8) is 0 Å². The molecular weight excluding hydrogens is 266 g/mol. The van der Waals surface area contributed by atoms with Crippen LogP contribution in [0, 0.1) is 5.92 Å². The maximum absolute atomic E-state index is 12.0. The van der Waals surface area contributed by atoms with Crippen molar-refractivity contribution in [2.24, 2.45) is 5.92 Å². The lowest BCUT2D eigenvalue weighted by atomic mass is 10.3. The number of sulfone groups is 1. The second kappa shape index (κ2) is 5.77. The molecule has 0 N–H and O–H groups in total. The topological polar surface area (TPSA) is 65.5 Å². The summed E-state index contributed by atoms with van der Waals surface area (Å²) in [6.07, 6.45) is 4.62. The smallest absolute Gasteiger partial charge is 0.216 e. The molecule has 19 heavy (non-hydrogen) atoms. The SMILES string of the molecule is COc1cc(OC)c(CS(=O)(=O)CCC2CC2)cn1. The van der Waals surface area contributed by atoms with Crippen LogP contribution in [-0.4, -0.2) is 33.4 Å². The Kier molecular flexibility index (Phi) is 4.29. The minimum absolute atomic E-state index is 0.0279. The monoisotopic (exact) mass is 285 g/mol. The first-order chi connectivity index (χ1) is 9.04. The van der Waals surface area contributed by atoms with Gasteiger partial charge in [0.15, 0.2) is 9.84 Å². The van der Waals surface area contributed by atoms with Gasteiger partial charge >= 0.3 is 0 Å². The van der Waals surface area contributed by atoms with Crippen LogP contribution in [0.1, 0.15) is 24.8 Å². The Balaban J connectivity index is 2.08. The minimum Gasteiger partial charge on any atom is -0.496 e. The van der Waals surface area contributed by atoms with Gasteiger partial charge in [-0.25, -0.2) is 13.4 Å². The Morgan fingerprint density at radius 3 is 2.63 bits per heavy atom. The molecule has 1 aliphatic rings. The molecule has 1 fully saturated rings. The highest BCUT2D eigenvalue weighted by Crippen LogP contribution is 2.33. The Morgan fingerprint density at radius 1 is 1.32 bits per heavy atom. The standard InChI is InChI=1S/C13H19NO4S/c1-17-12-7-13(18-2)14-8-11(12)9-19(15,16)6-5-10-3-4-10/h7-8,10H,3-6,9H2,1-2H3. The zero-order valence-electron chi connectivity index (χ0n) is 11.3. The van der Waals surface area contributed by atoms with Crippen molar-refractivity contribution in [1.29, 1.82) is 0 Å². The van der Waals surface area contributed by atoms with Gasteiger partial charge in [0.05, 0.1) is 25.7 Å². The van der Waals surface area contributed by atoms with Crippen molar-refractivity contribution in [3.05, 3.63) is 17.8 Å². The van der Waals surface area contributed by atoms with Crippen LogP contribution in [-0.2, 0) is 15.6 Å². The average Bonchev–Trinajstić information content (AvgIpc) is 3.21. The Hall–Kier alpha value is -1.30. The number of hydrogen-bond donors (Lipinski definition) is 0. The predicted molar refractivity (Wildman–Crippen MR) is 72.2 cm³/mol. The summed E-state index contributed by atoms with van der Waals surface area (Å²) < 4.78 is 34.3. The fourth-order valence-corrected chi connectivity index (χ4v) is 3.45. The van der Waals surface area contributed by atoms with Crippen molar-refractivity contribution in [3.8, 4) is 11.6 Å². The molecule has 0 unspecified atom stereocenters. The molecule has 2 rings (SSSR count). The summed E-state index contributed by atoms with van der Waals surface area (Å²) in [5, 5.41) is 0. The highest BCUT2D eigenvalue weighted by Gasteiger charge is 2.24. The van der Waals surface area contributed by atoms with E-state index in [9.17, 15) is 8.42 Å². The molecule has 1 aromatic heterocycles. The summed E-state index contributed by atoms with van der Waals surface area (Å²) in [4.78, 5) is 4.03. The normalized spacial score (nSPS) is 15.3. The number of nitrogens with zero attached hydrogens (tertiary/aromatic N) is 1. The Bertz CT molecular complexity index is 538. The van der Waals surface area contributed by atoms with Gasteiger partial charge < -0.3 is 9.47 Å². The van der Waals surface area contributed by atoms with Gasteiger partial charge in [-0.2, -0.15) is 0 Å². The molecule has 0 radical (unpaired) electrons. The quantitative estimate of drug-likeness (QED) is 0.764. The van der Waals surface area contributed by atoms with E-state index >= 15 is 0 Å². The van der Waals surface area contributed by atoms with E-state index in [2.05, 4.69) is 4.98 Å². The fourth-order valence-electron chi connectivity index (χ4n) is 1.92. The van der Waals surface area contributed by atoms with Crippen molar-refractivity contribution < 1.29 is 17.9 Å². The van der Waals surface area contributed by atoms with Gasteiger partial charge in [0.25, 0.3) is 0 Å². The molecule has 6 heteroatoms. The van der Waals surface area contributed by atoms with Crippen LogP contribution in [0.3, 0.4) is 0 Å². The number of aromatic nitrogens is 1. The third kappa shape index (κ3) is 4.09. The van der Waals surface area contributed by atoms with E-state index < -0.39 is 9.84 Å². The van der Waals surface area contributed by atoms with Gasteiger partial charge in [-0.05, 0) is 12.3 Å². The van der Waals surface area contributed by atoms with E-state index in [1.807, 2.05) is 0 Å². The highest BCUT2D eigenvalue weighted by atomic mass is 32.2. The minimum atomic E-state index is -3.10. The molecule has 0 aromatic carbocycles. The number of ether oxygens (including phenoxy) is 2. The lowest BCUT2D eigenvalue weighted by Crippen LogP contribution is -2.11. The van der Waals surface area contributed by atoms with Crippen LogP contribution < -0.4 is 9.47 Å². The summed E-state index contributed by atoms with van der Waals surface area (Å²) in [5.74, 6) is 1.75. The van der Waals surface area contributed by atoms with Gasteiger partial charge in [-0.3, -0.25) is 0 Å². The summed E-state index contributed by atoms with van der Waals surface area (Å²) in [6.45, 7) is 0. The zero-order chi connectivity index (χ0) is 13.9. The highest BCUT2D eigenvalue weighted by molar-refractivity contribution is 7.90. The first-order valence-electron chi connectivity index (χ1n) is 6.31. The average molecular weight is 285 g/mol. The summed E-state index contributed by atoms with van der Waals surface area (Å²) in [5.41, 5.74) is 0.582. The number of pyridine rings is 1. The third-order valence-corrected chi connectivity index (χ3v) is 4.87. The molecule has 0 bridgehead atoms. The van der Waals surface area contributed by atoms with Crippen LogP contribution in [0.2, 0.25) is 0 Å². The maximum atomic E-state index is 12.0. The third-order valence-electron chi connectivity index (χ3n) is 3.26. The summed E-state index contributed by atoms with van der Waals surface area (Å²) >= 11 is 0. The number of hydrogen-bond acceptors (Lipinski definition) is 5. The molecule has 0 spiro atoms. The van der Waals surface area contributed by atoms with E-state index in [-0.39, 0.29) is 11.5 Å². The first-order valence-corrected chi connectivity index (χ1v) is 8.13. The van der Waals surface area contributed by atoms with Gasteiger partial charge in [-0.15, -0.1) is 0 Å². The molecule has 0 saturated heterocycles.